The van der Waals surface area contributed by atoms with Gasteiger partial charge in [0.1, 0.15) is 0 Å². The highest BCUT2D eigenvalue weighted by Gasteiger charge is 2.35. The maximum Gasteiger partial charge on any atom is 0.272 e. The van der Waals surface area contributed by atoms with Crippen LogP contribution in [0.4, 0.5) is 0 Å². The highest BCUT2D eigenvalue weighted by atomic mass is 35.6. The Morgan fingerprint density at radius 3 is 2.47 bits per heavy atom. The van der Waals surface area contributed by atoms with Gasteiger partial charge in [0, 0.05) is 38.2 Å². The fourth-order valence-electron chi connectivity index (χ4n) is 5.82. The molecule has 1 amide bonds. The van der Waals surface area contributed by atoms with Crippen molar-refractivity contribution in [2.75, 3.05) is 26.8 Å². The number of ether oxygens (including phenoxy) is 3. The van der Waals surface area contributed by atoms with Crippen molar-refractivity contribution in [3.63, 3.8) is 0 Å². The minimum absolute atomic E-state index is 0.00325. The number of nitrogens with one attached hydrogen (secondary N) is 1. The van der Waals surface area contributed by atoms with Crippen molar-refractivity contribution in [3.8, 4) is 11.1 Å². The van der Waals surface area contributed by atoms with Gasteiger partial charge in [-0.25, -0.2) is 0 Å². The third-order valence-electron chi connectivity index (χ3n) is 8.04. The fraction of sp³-hybridized carbons (Fsp3) is 0.424. The Balaban J connectivity index is 1.36. The molecule has 0 saturated carbocycles. The number of halogens is 3. The first-order valence-electron chi connectivity index (χ1n) is 14.5. The van der Waals surface area contributed by atoms with Crippen molar-refractivity contribution in [2.45, 2.75) is 60.7 Å². The van der Waals surface area contributed by atoms with Crippen molar-refractivity contribution in [2.24, 2.45) is 0 Å². The van der Waals surface area contributed by atoms with Crippen LogP contribution in [0.5, 0.6) is 0 Å². The summed E-state index contributed by atoms with van der Waals surface area (Å²) in [6.45, 7) is 2.79. The van der Waals surface area contributed by atoms with Crippen LogP contribution in [0.1, 0.15) is 53.9 Å². The zero-order valence-corrected chi connectivity index (χ0v) is 26.3. The van der Waals surface area contributed by atoms with E-state index in [4.69, 9.17) is 49.0 Å². The molecular formula is C33H37Cl3N2O5. The SMILES string of the molecule is COC[C@@H]1CCCN1C[C@H]1C[C@@H](c2ccc(CO)cc2)O[C@@H](c2cccc(-c3cccc(CNC(=O)C(Cl)(Cl)Cl)c3)c2)O1. The number of carbonyl (C=O) groups excluding carboxylic acids is 1. The lowest BCUT2D eigenvalue weighted by atomic mass is 9.98. The normalized spacial score (nSPS) is 22.9. The first-order chi connectivity index (χ1) is 20.7. The predicted octanol–water partition coefficient (Wildman–Crippen LogP) is 6.49. The minimum atomic E-state index is -2.01. The molecule has 0 aromatic heterocycles. The molecule has 7 nitrogen and oxygen atoms in total. The third kappa shape index (κ3) is 8.50. The molecule has 2 N–H and O–H groups in total. The lowest BCUT2D eigenvalue weighted by molar-refractivity contribution is -0.253. The molecule has 2 aliphatic heterocycles. The van der Waals surface area contributed by atoms with Crippen LogP contribution in [0, 0.1) is 0 Å². The van der Waals surface area contributed by atoms with E-state index in [-0.39, 0.29) is 25.4 Å². The van der Waals surface area contributed by atoms with Gasteiger partial charge in [0.25, 0.3) is 9.70 Å². The number of aliphatic hydroxyl groups excluding tert-OH is 1. The Bertz CT molecular complexity index is 1370. The number of benzene rings is 3. The van der Waals surface area contributed by atoms with Gasteiger partial charge in [0.15, 0.2) is 6.29 Å². The van der Waals surface area contributed by atoms with Crippen molar-refractivity contribution < 1.29 is 24.1 Å². The molecular weight excluding hydrogens is 611 g/mol. The number of likely N-dealkylation sites (tertiary alicyclic amines) is 1. The van der Waals surface area contributed by atoms with E-state index in [1.165, 1.54) is 0 Å². The van der Waals surface area contributed by atoms with E-state index in [2.05, 4.69) is 16.3 Å². The van der Waals surface area contributed by atoms with Crippen molar-refractivity contribution in [1.82, 2.24) is 10.2 Å². The van der Waals surface area contributed by atoms with E-state index in [9.17, 15) is 9.90 Å². The van der Waals surface area contributed by atoms with E-state index >= 15 is 0 Å². The number of nitrogens with zero attached hydrogens (tertiary/aromatic N) is 1. The number of amides is 1. The molecule has 43 heavy (non-hydrogen) atoms. The number of rotatable bonds is 10. The Labute approximate surface area is 268 Å². The monoisotopic (exact) mass is 646 g/mol. The highest BCUT2D eigenvalue weighted by Crippen LogP contribution is 2.39. The minimum Gasteiger partial charge on any atom is -0.392 e. The van der Waals surface area contributed by atoms with Crippen molar-refractivity contribution in [1.29, 1.82) is 0 Å². The van der Waals surface area contributed by atoms with Gasteiger partial charge in [-0.2, -0.15) is 0 Å². The van der Waals surface area contributed by atoms with Gasteiger partial charge in [0.2, 0.25) is 0 Å². The summed E-state index contributed by atoms with van der Waals surface area (Å²) in [5, 5.41) is 12.2. The summed E-state index contributed by atoms with van der Waals surface area (Å²) in [5.74, 6) is -0.672. The van der Waals surface area contributed by atoms with Crippen LogP contribution in [0.3, 0.4) is 0 Å². The van der Waals surface area contributed by atoms with Gasteiger partial charge >= 0.3 is 0 Å². The van der Waals surface area contributed by atoms with Crippen LogP contribution in [-0.2, 0) is 32.2 Å². The van der Waals surface area contributed by atoms with Gasteiger partial charge < -0.3 is 24.6 Å². The summed E-state index contributed by atoms with van der Waals surface area (Å²) in [7, 11) is 1.76. The van der Waals surface area contributed by atoms with Crippen LogP contribution in [0.25, 0.3) is 11.1 Å². The molecule has 230 valence electrons. The molecule has 10 heteroatoms. The van der Waals surface area contributed by atoms with Crippen LogP contribution in [-0.4, -0.2) is 58.7 Å². The van der Waals surface area contributed by atoms with Crippen molar-refractivity contribution in [3.05, 3.63) is 95.1 Å². The van der Waals surface area contributed by atoms with Crippen LogP contribution in [0.2, 0.25) is 0 Å². The molecule has 2 heterocycles. The van der Waals surface area contributed by atoms with E-state index in [1.807, 2.05) is 66.7 Å². The number of alkyl halides is 3. The van der Waals surface area contributed by atoms with Crippen LogP contribution >= 0.6 is 34.8 Å². The summed E-state index contributed by atoms with van der Waals surface area (Å²) in [6.07, 6.45) is 2.26. The summed E-state index contributed by atoms with van der Waals surface area (Å²) >= 11 is 17.1. The highest BCUT2D eigenvalue weighted by molar-refractivity contribution is 6.76. The molecule has 3 aromatic carbocycles. The van der Waals surface area contributed by atoms with E-state index in [0.717, 1.165) is 65.7 Å². The zero-order valence-electron chi connectivity index (χ0n) is 24.1. The molecule has 2 saturated heterocycles. The zero-order chi connectivity index (χ0) is 30.4. The van der Waals surface area contributed by atoms with Crippen molar-refractivity contribution >= 4 is 40.7 Å². The fourth-order valence-corrected chi connectivity index (χ4v) is 6.02. The molecule has 0 bridgehead atoms. The second-order valence-electron chi connectivity index (χ2n) is 11.1. The Kier molecular flexibility index (Phi) is 11.0. The van der Waals surface area contributed by atoms with Gasteiger partial charge in [-0.05, 0) is 59.3 Å². The number of aliphatic hydroxyl groups is 1. The molecule has 2 fully saturated rings. The molecule has 2 aliphatic rings. The smallest absolute Gasteiger partial charge is 0.272 e. The van der Waals surface area contributed by atoms with E-state index in [0.29, 0.717) is 12.6 Å². The summed E-state index contributed by atoms with van der Waals surface area (Å²) in [4.78, 5) is 14.5. The standard InChI is InChI=1S/C33H37Cl3N2O5/c1-41-21-28-9-4-14-38(28)19-29-17-30(24-12-10-22(20-39)11-13-24)43-31(42-29)27-8-3-7-26(16-27)25-6-2-5-23(15-25)18-37-32(40)33(34,35)36/h2-3,5-8,10-13,15-16,28-31,39H,4,9,14,17-21H2,1H3,(H,37,40)/t28-,29+,30-,31-/m0/s1. The van der Waals surface area contributed by atoms with E-state index < -0.39 is 16.0 Å². The van der Waals surface area contributed by atoms with Gasteiger partial charge in [0.05, 0.1) is 25.4 Å². The molecule has 0 unspecified atom stereocenters. The Hall–Kier alpha value is -2.20. The maximum absolute atomic E-state index is 12.0. The first kappa shape index (κ1) is 32.2. The quantitative estimate of drug-likeness (QED) is 0.245. The molecule has 0 radical (unpaired) electrons. The topological polar surface area (TPSA) is 80.3 Å². The second kappa shape index (κ2) is 14.7. The maximum atomic E-state index is 12.0. The predicted molar refractivity (Wildman–Crippen MR) is 169 cm³/mol. The average molecular weight is 648 g/mol. The molecule has 0 aliphatic carbocycles. The van der Waals surface area contributed by atoms with E-state index in [1.54, 1.807) is 7.11 Å². The number of carbonyl (C=O) groups is 1. The molecule has 5 rings (SSSR count). The Morgan fingerprint density at radius 1 is 1.00 bits per heavy atom. The van der Waals surface area contributed by atoms with Gasteiger partial charge in [-0.15, -0.1) is 0 Å². The van der Waals surface area contributed by atoms with Crippen LogP contribution in [0.15, 0.2) is 72.8 Å². The number of methoxy groups -OCH3 is 1. The lowest BCUT2D eigenvalue weighted by Crippen LogP contribution is -2.42. The summed E-state index contributed by atoms with van der Waals surface area (Å²) < 4.78 is 16.7. The molecule has 3 aromatic rings. The van der Waals surface area contributed by atoms with Crippen LogP contribution < -0.4 is 5.32 Å². The Morgan fingerprint density at radius 2 is 1.74 bits per heavy atom. The summed E-state index contributed by atoms with van der Waals surface area (Å²) in [6, 6.07) is 24.3. The van der Waals surface area contributed by atoms with Gasteiger partial charge in [-0.3, -0.25) is 9.69 Å². The number of hydrogen-bond donors (Lipinski definition) is 2. The average Bonchev–Trinajstić information content (AvgIpc) is 3.45. The largest absolute Gasteiger partial charge is 0.392 e. The molecule has 4 atom stereocenters. The number of hydrogen-bond acceptors (Lipinski definition) is 6. The first-order valence-corrected chi connectivity index (χ1v) is 15.6. The molecule has 0 spiro atoms. The van der Waals surface area contributed by atoms with Gasteiger partial charge in [-0.1, -0.05) is 95.5 Å². The second-order valence-corrected chi connectivity index (χ2v) is 13.4. The third-order valence-corrected chi connectivity index (χ3v) is 8.56. The lowest BCUT2D eigenvalue weighted by Gasteiger charge is -2.39. The summed E-state index contributed by atoms with van der Waals surface area (Å²) in [5.41, 5.74) is 5.69.